The van der Waals surface area contributed by atoms with Crippen LogP contribution < -0.4 is 14.2 Å². The Morgan fingerprint density at radius 1 is 0.795 bits per heavy atom. The summed E-state index contributed by atoms with van der Waals surface area (Å²) in [5.41, 5.74) is 0.104. The molecular formula is C32H40N2O3S2. The number of para-hydroxylation sites is 1. The molecule has 0 aliphatic carbocycles. The highest BCUT2D eigenvalue weighted by Gasteiger charge is 2.32. The maximum atomic E-state index is 9.59. The molecule has 0 saturated heterocycles. The lowest BCUT2D eigenvalue weighted by atomic mass is 10.0. The highest BCUT2D eigenvalue weighted by Crippen LogP contribution is 2.61. The molecule has 1 heterocycles. The molecule has 7 heteroatoms. The van der Waals surface area contributed by atoms with E-state index >= 15 is 0 Å². The third-order valence-electron chi connectivity index (χ3n) is 6.93. The molecule has 2 aromatic carbocycles. The number of unbranched alkanes of at least 4 members (excludes halogenated alkanes) is 2. The van der Waals surface area contributed by atoms with Crippen molar-refractivity contribution in [3.8, 4) is 35.1 Å². The second-order valence-corrected chi connectivity index (χ2v) is 12.1. The van der Waals surface area contributed by atoms with Gasteiger partial charge in [-0.05, 0) is 36.8 Å². The molecular weight excluding hydrogens is 524 g/mol. The van der Waals surface area contributed by atoms with Crippen molar-refractivity contribution in [3.05, 3.63) is 46.2 Å². The van der Waals surface area contributed by atoms with E-state index in [1.165, 1.54) is 36.4 Å². The molecule has 0 saturated carbocycles. The van der Waals surface area contributed by atoms with Crippen LogP contribution >= 0.6 is 23.5 Å². The number of rotatable bonds is 16. The van der Waals surface area contributed by atoms with Gasteiger partial charge in [0.1, 0.15) is 29.2 Å². The number of thioether (sulfide) groups is 2. The summed E-state index contributed by atoms with van der Waals surface area (Å²) in [5.74, 6) is 3.55. The molecule has 1 aliphatic heterocycles. The number of hydrogen-bond donors (Lipinski definition) is 0. The lowest BCUT2D eigenvalue weighted by Gasteiger charge is -2.22. The van der Waals surface area contributed by atoms with E-state index in [1.54, 1.807) is 0 Å². The molecule has 208 valence electrons. The van der Waals surface area contributed by atoms with E-state index in [2.05, 4.69) is 39.8 Å². The maximum Gasteiger partial charge on any atom is 0.177 e. The smallest absolute Gasteiger partial charge is 0.177 e. The Morgan fingerprint density at radius 2 is 1.38 bits per heavy atom. The van der Waals surface area contributed by atoms with Crippen LogP contribution in [0.3, 0.4) is 0 Å². The van der Waals surface area contributed by atoms with E-state index in [1.807, 2.05) is 36.4 Å². The predicted octanol–water partition coefficient (Wildman–Crippen LogP) is 10.1. The minimum Gasteiger partial charge on any atom is -0.492 e. The van der Waals surface area contributed by atoms with Gasteiger partial charge in [-0.25, -0.2) is 0 Å². The van der Waals surface area contributed by atoms with Crippen molar-refractivity contribution >= 4 is 23.5 Å². The molecule has 5 nitrogen and oxygen atoms in total. The van der Waals surface area contributed by atoms with Gasteiger partial charge >= 0.3 is 0 Å². The quantitative estimate of drug-likeness (QED) is 0.188. The molecule has 0 amide bonds. The minimum absolute atomic E-state index is 0.104. The Hall–Kier alpha value is -2.74. The molecule has 0 bridgehead atoms. The summed E-state index contributed by atoms with van der Waals surface area (Å²) < 4.78 is 20.1. The number of benzene rings is 2. The summed E-state index contributed by atoms with van der Waals surface area (Å²) in [6, 6.07) is 15.7. The lowest BCUT2D eigenvalue weighted by Crippen LogP contribution is -2.13. The van der Waals surface area contributed by atoms with Gasteiger partial charge in [-0.2, -0.15) is 10.5 Å². The second kappa shape index (κ2) is 16.4. The van der Waals surface area contributed by atoms with Crippen molar-refractivity contribution in [2.75, 3.05) is 13.2 Å². The number of ether oxygens (including phenoxy) is 3. The Kier molecular flexibility index (Phi) is 12.9. The standard InChI is InChI=1S/C32H40N2O3S2/c1-5-9-14-23(7-3)21-35-28-18-27(37-26-16-12-11-13-17-26)29(36-22-24(8-4)15-10-6-2)31-30(28)38-32(39-31)25(19-33)20-34/h11-13,16-18,23-24H,5-10,14-15,21-22H2,1-4H3. The number of nitrogens with zero attached hydrogens (tertiary/aromatic N) is 2. The van der Waals surface area contributed by atoms with Crippen molar-refractivity contribution in [1.82, 2.24) is 0 Å². The Labute approximate surface area is 242 Å². The van der Waals surface area contributed by atoms with Crippen LogP contribution in [0.5, 0.6) is 23.0 Å². The van der Waals surface area contributed by atoms with Gasteiger partial charge in [0.25, 0.3) is 0 Å². The molecule has 2 aromatic rings. The van der Waals surface area contributed by atoms with Crippen molar-refractivity contribution < 1.29 is 14.2 Å². The van der Waals surface area contributed by atoms with E-state index in [4.69, 9.17) is 14.2 Å². The van der Waals surface area contributed by atoms with Crippen LogP contribution in [0.15, 0.2) is 56.0 Å². The third kappa shape index (κ3) is 8.62. The average Bonchev–Trinajstić information content (AvgIpc) is 3.40. The van der Waals surface area contributed by atoms with Gasteiger partial charge in [-0.1, -0.05) is 108 Å². The van der Waals surface area contributed by atoms with E-state index < -0.39 is 0 Å². The predicted molar refractivity (Wildman–Crippen MR) is 161 cm³/mol. The van der Waals surface area contributed by atoms with E-state index in [9.17, 15) is 10.5 Å². The highest BCUT2D eigenvalue weighted by atomic mass is 32.2. The SMILES string of the molecule is CCCCC(CC)COc1cc(Oc2ccccc2)c(OCC(CC)CCCC)c2c1SC(=C(C#N)C#N)S2. The Morgan fingerprint density at radius 3 is 1.95 bits per heavy atom. The fourth-order valence-electron chi connectivity index (χ4n) is 4.33. The summed E-state index contributed by atoms with van der Waals surface area (Å²) in [6.45, 7) is 10.0. The first-order valence-corrected chi connectivity index (χ1v) is 15.8. The molecule has 2 atom stereocenters. The summed E-state index contributed by atoms with van der Waals surface area (Å²) in [4.78, 5) is 1.74. The van der Waals surface area contributed by atoms with Crippen LogP contribution in [-0.2, 0) is 0 Å². The number of fused-ring (bicyclic) bond motifs is 1. The molecule has 3 rings (SSSR count). The van der Waals surface area contributed by atoms with E-state index in [0.717, 1.165) is 48.3 Å². The molecule has 2 unspecified atom stereocenters. The van der Waals surface area contributed by atoms with Gasteiger partial charge in [-0.3, -0.25) is 0 Å². The first-order valence-electron chi connectivity index (χ1n) is 14.2. The first kappa shape index (κ1) is 30.8. The van der Waals surface area contributed by atoms with Crippen LogP contribution in [0.2, 0.25) is 0 Å². The zero-order chi connectivity index (χ0) is 28.0. The summed E-state index contributed by atoms with van der Waals surface area (Å²) in [5, 5.41) is 19.2. The Bertz CT molecular complexity index is 1170. The lowest BCUT2D eigenvalue weighted by molar-refractivity contribution is 0.213. The molecule has 0 radical (unpaired) electrons. The van der Waals surface area contributed by atoms with Gasteiger partial charge in [-0.15, -0.1) is 0 Å². The second-order valence-electron chi connectivity index (χ2n) is 9.82. The zero-order valence-corrected chi connectivity index (χ0v) is 25.3. The van der Waals surface area contributed by atoms with Crippen molar-refractivity contribution in [2.45, 2.75) is 88.9 Å². The van der Waals surface area contributed by atoms with Gasteiger partial charge < -0.3 is 14.2 Å². The molecule has 1 aliphatic rings. The fourth-order valence-corrected chi connectivity index (χ4v) is 6.85. The van der Waals surface area contributed by atoms with Crippen LogP contribution in [0.25, 0.3) is 0 Å². The van der Waals surface area contributed by atoms with Crippen LogP contribution in [-0.4, -0.2) is 13.2 Å². The molecule has 0 aromatic heterocycles. The number of nitriles is 2. The first-order chi connectivity index (χ1) is 19.1. The van der Waals surface area contributed by atoms with Gasteiger partial charge in [0.05, 0.1) is 27.2 Å². The molecule has 0 N–H and O–H groups in total. The Balaban J connectivity index is 2.05. The van der Waals surface area contributed by atoms with Gasteiger partial charge in [0.2, 0.25) is 0 Å². The molecule has 0 spiro atoms. The monoisotopic (exact) mass is 564 g/mol. The van der Waals surface area contributed by atoms with Crippen LogP contribution in [0.4, 0.5) is 0 Å². The topological polar surface area (TPSA) is 75.3 Å². The van der Waals surface area contributed by atoms with Gasteiger partial charge in [0.15, 0.2) is 11.5 Å². The van der Waals surface area contributed by atoms with Crippen molar-refractivity contribution in [3.63, 3.8) is 0 Å². The average molecular weight is 565 g/mol. The summed E-state index contributed by atoms with van der Waals surface area (Å²) >= 11 is 2.82. The highest BCUT2D eigenvalue weighted by molar-refractivity contribution is 8.24. The molecule has 39 heavy (non-hydrogen) atoms. The minimum atomic E-state index is 0.104. The number of hydrogen-bond acceptors (Lipinski definition) is 7. The van der Waals surface area contributed by atoms with E-state index in [-0.39, 0.29) is 5.57 Å². The van der Waals surface area contributed by atoms with Crippen molar-refractivity contribution in [2.24, 2.45) is 11.8 Å². The summed E-state index contributed by atoms with van der Waals surface area (Å²) in [6.07, 6.45) is 8.99. The summed E-state index contributed by atoms with van der Waals surface area (Å²) in [7, 11) is 0. The normalized spacial score (nSPS) is 13.6. The van der Waals surface area contributed by atoms with Crippen LogP contribution in [0.1, 0.15) is 79.1 Å². The fraction of sp³-hybridized carbons (Fsp3) is 0.500. The maximum absolute atomic E-state index is 9.59. The van der Waals surface area contributed by atoms with Gasteiger partial charge in [0, 0.05) is 6.07 Å². The largest absolute Gasteiger partial charge is 0.492 e. The molecule has 0 fully saturated rings. The number of allylic oxidation sites excluding steroid dienone is 1. The van der Waals surface area contributed by atoms with E-state index in [0.29, 0.717) is 52.3 Å². The van der Waals surface area contributed by atoms with Crippen molar-refractivity contribution in [1.29, 1.82) is 10.5 Å². The van der Waals surface area contributed by atoms with Crippen LogP contribution in [0, 0.1) is 34.5 Å². The zero-order valence-electron chi connectivity index (χ0n) is 23.6. The third-order valence-corrected chi connectivity index (χ3v) is 9.55.